The van der Waals surface area contributed by atoms with Crippen LogP contribution in [-0.4, -0.2) is 45.2 Å². The van der Waals surface area contributed by atoms with Crippen LogP contribution in [-0.2, 0) is 26.4 Å². The third-order valence-corrected chi connectivity index (χ3v) is 8.31. The quantitative estimate of drug-likeness (QED) is 0.845. The molecule has 0 aliphatic carbocycles. The second-order valence-corrected chi connectivity index (χ2v) is 9.81. The van der Waals surface area contributed by atoms with E-state index in [1.54, 1.807) is 18.4 Å². The van der Waals surface area contributed by atoms with E-state index in [1.165, 1.54) is 4.31 Å². The van der Waals surface area contributed by atoms with Gasteiger partial charge in [0.2, 0.25) is 0 Å². The molecule has 1 aromatic heterocycles. The molecule has 0 aromatic carbocycles. The van der Waals surface area contributed by atoms with Crippen molar-refractivity contribution in [1.82, 2.24) is 4.31 Å². The fourth-order valence-electron chi connectivity index (χ4n) is 2.05. The zero-order chi connectivity index (χ0) is 14.3. The lowest BCUT2D eigenvalue weighted by atomic mass is 10.4. The molecule has 1 aliphatic rings. The van der Waals surface area contributed by atoms with Crippen LogP contribution in [0.3, 0.4) is 0 Å². The summed E-state index contributed by atoms with van der Waals surface area (Å²) in [6.07, 6.45) is 0. The molecule has 1 atom stereocenters. The van der Waals surface area contributed by atoms with E-state index in [4.69, 9.17) is 5.73 Å². The molecular weight excluding hydrogens is 308 g/mol. The number of rotatable bonds is 3. The monoisotopic (exact) mass is 324 g/mol. The summed E-state index contributed by atoms with van der Waals surface area (Å²) in [7, 11) is -6.75. The van der Waals surface area contributed by atoms with Crippen molar-refractivity contribution in [2.24, 2.45) is 5.73 Å². The average molecular weight is 324 g/mol. The van der Waals surface area contributed by atoms with Crippen molar-refractivity contribution in [3.8, 4) is 0 Å². The van der Waals surface area contributed by atoms with E-state index in [0.29, 0.717) is 0 Å². The molecule has 1 aliphatic heterocycles. The van der Waals surface area contributed by atoms with Gasteiger partial charge in [-0.15, -0.1) is 11.3 Å². The normalized spacial score (nSPS) is 24.4. The standard InChI is InChI=1S/C10H16N2O4S3/c1-8-7-18(13,14)3-2-12(8)19(15,16)10-4-9(5-11)6-17-10/h4,6,8H,2-3,5,7,11H2,1H3. The first-order valence-corrected chi connectivity index (χ1v) is 9.90. The fraction of sp³-hybridized carbons (Fsp3) is 0.600. The number of thiophene rings is 1. The number of hydrogen-bond acceptors (Lipinski definition) is 6. The molecule has 1 fully saturated rings. The zero-order valence-electron chi connectivity index (χ0n) is 10.4. The molecule has 0 bridgehead atoms. The summed E-state index contributed by atoms with van der Waals surface area (Å²) in [4.78, 5) is 0. The van der Waals surface area contributed by atoms with Gasteiger partial charge >= 0.3 is 0 Å². The summed E-state index contributed by atoms with van der Waals surface area (Å²) >= 11 is 1.12. The smallest absolute Gasteiger partial charge is 0.252 e. The molecule has 2 rings (SSSR count). The van der Waals surface area contributed by atoms with Crippen LogP contribution in [0.5, 0.6) is 0 Å². The summed E-state index contributed by atoms with van der Waals surface area (Å²) in [5.41, 5.74) is 6.23. The van der Waals surface area contributed by atoms with Gasteiger partial charge in [0.1, 0.15) is 4.21 Å². The maximum Gasteiger partial charge on any atom is 0.252 e. The van der Waals surface area contributed by atoms with Gasteiger partial charge in [0, 0.05) is 19.1 Å². The van der Waals surface area contributed by atoms with E-state index in [2.05, 4.69) is 0 Å². The van der Waals surface area contributed by atoms with Crippen LogP contribution in [0.1, 0.15) is 12.5 Å². The van der Waals surface area contributed by atoms with Gasteiger partial charge in [-0.3, -0.25) is 0 Å². The highest BCUT2D eigenvalue weighted by Crippen LogP contribution is 2.27. The molecule has 108 valence electrons. The summed E-state index contributed by atoms with van der Waals surface area (Å²) in [5, 5.41) is 1.71. The minimum atomic E-state index is -3.62. The van der Waals surface area contributed by atoms with E-state index in [9.17, 15) is 16.8 Å². The first-order chi connectivity index (χ1) is 8.76. The first-order valence-electron chi connectivity index (χ1n) is 5.76. The number of sulfone groups is 1. The predicted octanol–water partition coefficient (Wildman–Crippen LogP) is 0.0144. The van der Waals surface area contributed by atoms with Crippen LogP contribution in [0.4, 0.5) is 0 Å². The van der Waals surface area contributed by atoms with Crippen LogP contribution in [0, 0.1) is 0 Å². The van der Waals surface area contributed by atoms with E-state index in [1.807, 2.05) is 0 Å². The molecule has 1 saturated heterocycles. The van der Waals surface area contributed by atoms with Crippen LogP contribution < -0.4 is 5.73 Å². The van der Waals surface area contributed by atoms with Crippen molar-refractivity contribution in [2.45, 2.75) is 23.7 Å². The van der Waals surface area contributed by atoms with Crippen molar-refractivity contribution in [3.63, 3.8) is 0 Å². The highest BCUT2D eigenvalue weighted by atomic mass is 32.2. The van der Waals surface area contributed by atoms with Gasteiger partial charge in [0.05, 0.1) is 11.5 Å². The fourth-order valence-corrected chi connectivity index (χ4v) is 6.80. The third-order valence-electron chi connectivity index (χ3n) is 3.04. The first kappa shape index (κ1) is 14.9. The van der Waals surface area contributed by atoms with Crippen molar-refractivity contribution < 1.29 is 16.8 Å². The zero-order valence-corrected chi connectivity index (χ0v) is 12.9. The van der Waals surface area contributed by atoms with Crippen LogP contribution in [0.2, 0.25) is 0 Å². The van der Waals surface area contributed by atoms with Crippen molar-refractivity contribution in [3.05, 3.63) is 17.0 Å². The Hall–Kier alpha value is -0.480. The minimum Gasteiger partial charge on any atom is -0.326 e. The average Bonchev–Trinajstić information content (AvgIpc) is 2.76. The second-order valence-electron chi connectivity index (χ2n) is 4.56. The molecule has 2 N–H and O–H groups in total. The van der Waals surface area contributed by atoms with Gasteiger partial charge in [-0.05, 0) is 23.9 Å². The van der Waals surface area contributed by atoms with Crippen LogP contribution in [0.25, 0.3) is 0 Å². The van der Waals surface area contributed by atoms with Crippen LogP contribution in [0.15, 0.2) is 15.7 Å². The lowest BCUT2D eigenvalue weighted by Gasteiger charge is -2.31. The van der Waals surface area contributed by atoms with Crippen molar-refractivity contribution in [1.29, 1.82) is 0 Å². The topological polar surface area (TPSA) is 97.5 Å². The number of nitrogens with two attached hydrogens (primary N) is 1. The second kappa shape index (κ2) is 5.13. The van der Waals surface area contributed by atoms with Crippen molar-refractivity contribution in [2.75, 3.05) is 18.1 Å². The molecule has 1 unspecified atom stereocenters. The maximum absolute atomic E-state index is 12.4. The van der Waals surface area contributed by atoms with Gasteiger partial charge in [0.25, 0.3) is 10.0 Å². The van der Waals surface area contributed by atoms with E-state index >= 15 is 0 Å². The van der Waals surface area contributed by atoms with Gasteiger partial charge in [-0.25, -0.2) is 16.8 Å². The van der Waals surface area contributed by atoms with E-state index in [0.717, 1.165) is 16.9 Å². The molecule has 0 radical (unpaired) electrons. The van der Waals surface area contributed by atoms with Gasteiger partial charge < -0.3 is 5.73 Å². The van der Waals surface area contributed by atoms with Crippen molar-refractivity contribution >= 4 is 31.2 Å². The molecule has 0 spiro atoms. The predicted molar refractivity (Wildman–Crippen MR) is 74.2 cm³/mol. The largest absolute Gasteiger partial charge is 0.326 e. The summed E-state index contributed by atoms with van der Waals surface area (Å²) in [6.45, 7) is 1.92. The lowest BCUT2D eigenvalue weighted by molar-refractivity contribution is 0.357. The Morgan fingerprint density at radius 1 is 1.53 bits per heavy atom. The maximum atomic E-state index is 12.4. The molecule has 0 amide bonds. The number of nitrogens with zero attached hydrogens (tertiary/aromatic N) is 1. The Bertz CT molecular complexity index is 663. The SMILES string of the molecule is CC1CS(=O)(=O)CCN1S(=O)(=O)c1cc(CN)cs1. The minimum absolute atomic E-state index is 0.0156. The van der Waals surface area contributed by atoms with E-state index < -0.39 is 25.9 Å². The Morgan fingerprint density at radius 3 is 2.74 bits per heavy atom. The molecule has 19 heavy (non-hydrogen) atoms. The molecule has 1 aromatic rings. The Morgan fingerprint density at radius 2 is 2.21 bits per heavy atom. The summed E-state index contributed by atoms with van der Waals surface area (Å²) < 4.78 is 49.3. The third kappa shape index (κ3) is 3.00. The summed E-state index contributed by atoms with van der Waals surface area (Å²) in [6, 6.07) is 1.02. The number of hydrogen-bond donors (Lipinski definition) is 1. The molecule has 6 nitrogen and oxygen atoms in total. The molecular formula is C10H16N2O4S3. The molecule has 9 heteroatoms. The van der Waals surface area contributed by atoms with E-state index in [-0.39, 0.29) is 28.8 Å². The number of sulfonamides is 1. The molecule has 0 saturated carbocycles. The van der Waals surface area contributed by atoms with Gasteiger partial charge in [-0.2, -0.15) is 4.31 Å². The lowest BCUT2D eigenvalue weighted by Crippen LogP contribution is -2.49. The van der Waals surface area contributed by atoms with Gasteiger partial charge in [-0.1, -0.05) is 0 Å². The highest BCUT2D eigenvalue weighted by molar-refractivity contribution is 7.92. The Balaban J connectivity index is 2.30. The molecule has 2 heterocycles. The Kier molecular flexibility index (Phi) is 4.03. The van der Waals surface area contributed by atoms with Crippen LogP contribution >= 0.6 is 11.3 Å². The Labute approximate surface area is 117 Å². The highest BCUT2D eigenvalue weighted by Gasteiger charge is 2.37. The van der Waals surface area contributed by atoms with Gasteiger partial charge in [0.15, 0.2) is 9.84 Å². The summed E-state index contributed by atoms with van der Waals surface area (Å²) in [5.74, 6) is -0.243.